The van der Waals surface area contributed by atoms with E-state index >= 15 is 0 Å². The predicted octanol–water partition coefficient (Wildman–Crippen LogP) is 4.01. The van der Waals surface area contributed by atoms with E-state index in [-0.39, 0.29) is 5.91 Å². The van der Waals surface area contributed by atoms with Gasteiger partial charge in [-0.05, 0) is 17.0 Å². The molecule has 0 radical (unpaired) electrons. The van der Waals surface area contributed by atoms with Crippen molar-refractivity contribution >= 4 is 34.1 Å². The molecule has 0 atom stereocenters. The third-order valence-corrected chi connectivity index (χ3v) is 3.97. The molecule has 0 saturated carbocycles. The van der Waals surface area contributed by atoms with Crippen LogP contribution >= 0.6 is 11.6 Å². The van der Waals surface area contributed by atoms with Crippen molar-refractivity contribution in [3.05, 3.63) is 71.4 Å². The van der Waals surface area contributed by atoms with E-state index in [1.165, 1.54) is 0 Å². The minimum absolute atomic E-state index is 0.00163. The summed E-state index contributed by atoms with van der Waals surface area (Å²) in [7, 11) is 0. The number of carbonyl (C=O) groups is 1. The largest absolute Gasteiger partial charge is 0.369 e. The van der Waals surface area contributed by atoms with Crippen molar-refractivity contribution in [3.63, 3.8) is 0 Å². The molecule has 1 heterocycles. The van der Waals surface area contributed by atoms with Gasteiger partial charge in [0.15, 0.2) is 0 Å². The number of carbonyl (C=O) groups excluding carboxylic acids is 1. The van der Waals surface area contributed by atoms with Crippen LogP contribution in [0.25, 0.3) is 10.8 Å². The Balaban J connectivity index is 1.50. The first-order chi connectivity index (χ1) is 11.7. The molecule has 5 heteroatoms. The number of rotatable bonds is 6. The van der Waals surface area contributed by atoms with E-state index in [1.807, 2.05) is 60.7 Å². The number of aromatic nitrogens is 1. The van der Waals surface area contributed by atoms with E-state index in [1.54, 1.807) is 0 Å². The second-order valence-electron chi connectivity index (χ2n) is 5.46. The van der Waals surface area contributed by atoms with Crippen LogP contribution in [-0.2, 0) is 11.3 Å². The minimum Gasteiger partial charge on any atom is -0.369 e. The standard InChI is InChI=1S/C19H18ClN3O/c20-19-16-9-5-4-8-15(16)12-17(23-19)21-11-10-18(24)22-13-14-6-2-1-3-7-14/h1-9,12H,10-11,13H2,(H,21,23)(H,22,24). The average molecular weight is 340 g/mol. The van der Waals surface area contributed by atoms with Crippen molar-refractivity contribution in [1.82, 2.24) is 10.3 Å². The van der Waals surface area contributed by atoms with Gasteiger partial charge in [0.25, 0.3) is 0 Å². The summed E-state index contributed by atoms with van der Waals surface area (Å²) in [4.78, 5) is 16.2. The van der Waals surface area contributed by atoms with Crippen LogP contribution in [0, 0.1) is 0 Å². The molecule has 0 fully saturated rings. The van der Waals surface area contributed by atoms with Crippen LogP contribution in [0.5, 0.6) is 0 Å². The van der Waals surface area contributed by atoms with E-state index < -0.39 is 0 Å². The Morgan fingerprint density at radius 1 is 1.04 bits per heavy atom. The highest BCUT2D eigenvalue weighted by atomic mass is 35.5. The summed E-state index contributed by atoms with van der Waals surface area (Å²) in [5.41, 5.74) is 1.08. The second-order valence-corrected chi connectivity index (χ2v) is 5.82. The van der Waals surface area contributed by atoms with Crippen molar-refractivity contribution in [3.8, 4) is 0 Å². The summed E-state index contributed by atoms with van der Waals surface area (Å²) in [6.45, 7) is 1.04. The minimum atomic E-state index is -0.00163. The number of halogens is 1. The van der Waals surface area contributed by atoms with Gasteiger partial charge >= 0.3 is 0 Å². The van der Waals surface area contributed by atoms with Crippen molar-refractivity contribution in [2.24, 2.45) is 0 Å². The fourth-order valence-corrected chi connectivity index (χ4v) is 2.70. The Labute approximate surface area is 145 Å². The van der Waals surface area contributed by atoms with Crippen molar-refractivity contribution in [1.29, 1.82) is 0 Å². The lowest BCUT2D eigenvalue weighted by molar-refractivity contribution is -0.121. The maximum absolute atomic E-state index is 11.9. The molecule has 24 heavy (non-hydrogen) atoms. The number of nitrogens with one attached hydrogen (secondary N) is 2. The Morgan fingerprint density at radius 3 is 2.62 bits per heavy atom. The third kappa shape index (κ3) is 4.24. The number of pyridine rings is 1. The zero-order valence-electron chi connectivity index (χ0n) is 13.1. The molecule has 3 aromatic rings. The van der Waals surface area contributed by atoms with Gasteiger partial charge in [0.05, 0.1) is 0 Å². The number of fused-ring (bicyclic) bond motifs is 1. The number of hydrogen-bond donors (Lipinski definition) is 2. The van der Waals surface area contributed by atoms with Gasteiger partial charge in [-0.1, -0.05) is 66.2 Å². The highest BCUT2D eigenvalue weighted by Crippen LogP contribution is 2.24. The van der Waals surface area contributed by atoms with E-state index in [4.69, 9.17) is 11.6 Å². The molecule has 0 aliphatic rings. The van der Waals surface area contributed by atoms with E-state index in [0.29, 0.717) is 30.5 Å². The number of benzene rings is 2. The van der Waals surface area contributed by atoms with E-state index in [9.17, 15) is 4.79 Å². The maximum atomic E-state index is 11.9. The molecular weight excluding hydrogens is 322 g/mol. The molecule has 1 aromatic heterocycles. The molecule has 122 valence electrons. The van der Waals surface area contributed by atoms with Gasteiger partial charge in [-0.15, -0.1) is 0 Å². The van der Waals surface area contributed by atoms with Gasteiger partial charge in [-0.25, -0.2) is 4.98 Å². The molecule has 4 nitrogen and oxygen atoms in total. The first-order valence-corrected chi connectivity index (χ1v) is 8.20. The number of anilines is 1. The van der Waals surface area contributed by atoms with Gasteiger partial charge in [0.2, 0.25) is 5.91 Å². The van der Waals surface area contributed by atoms with Gasteiger partial charge in [-0.3, -0.25) is 4.79 Å². The van der Waals surface area contributed by atoms with E-state index in [2.05, 4.69) is 15.6 Å². The molecule has 1 amide bonds. The highest BCUT2D eigenvalue weighted by Gasteiger charge is 2.05. The quantitative estimate of drug-likeness (QED) is 0.667. The SMILES string of the molecule is O=C(CCNc1cc2ccccc2c(Cl)n1)NCc1ccccc1. The van der Waals surface area contributed by atoms with Crippen molar-refractivity contribution < 1.29 is 4.79 Å². The van der Waals surface area contributed by atoms with Gasteiger partial charge in [0, 0.05) is 24.9 Å². The zero-order chi connectivity index (χ0) is 16.8. The summed E-state index contributed by atoms with van der Waals surface area (Å²) in [6.07, 6.45) is 0.374. The third-order valence-electron chi connectivity index (χ3n) is 3.68. The van der Waals surface area contributed by atoms with Crippen LogP contribution < -0.4 is 10.6 Å². The fraction of sp³-hybridized carbons (Fsp3) is 0.158. The number of amides is 1. The number of nitrogens with zero attached hydrogens (tertiary/aromatic N) is 1. The first kappa shape index (κ1) is 16.3. The topological polar surface area (TPSA) is 54.0 Å². The number of hydrogen-bond acceptors (Lipinski definition) is 3. The summed E-state index contributed by atoms with van der Waals surface area (Å²) in [6, 6.07) is 19.6. The molecule has 2 N–H and O–H groups in total. The molecule has 0 unspecified atom stereocenters. The molecule has 0 aliphatic carbocycles. The van der Waals surface area contributed by atoms with Crippen molar-refractivity contribution in [2.45, 2.75) is 13.0 Å². The molecule has 0 aliphatic heterocycles. The normalized spacial score (nSPS) is 10.5. The lowest BCUT2D eigenvalue weighted by Gasteiger charge is -2.09. The smallest absolute Gasteiger partial charge is 0.222 e. The van der Waals surface area contributed by atoms with Crippen LogP contribution in [0.2, 0.25) is 5.15 Å². The summed E-state index contributed by atoms with van der Waals surface area (Å²) in [5, 5.41) is 8.46. The van der Waals surface area contributed by atoms with Crippen LogP contribution in [-0.4, -0.2) is 17.4 Å². The molecule has 2 aromatic carbocycles. The van der Waals surface area contributed by atoms with Crippen molar-refractivity contribution in [2.75, 3.05) is 11.9 Å². The fourth-order valence-electron chi connectivity index (χ4n) is 2.44. The van der Waals surface area contributed by atoms with Gasteiger partial charge in [-0.2, -0.15) is 0 Å². The predicted molar refractivity (Wildman–Crippen MR) is 98.1 cm³/mol. The van der Waals surface area contributed by atoms with E-state index in [0.717, 1.165) is 16.3 Å². The Hall–Kier alpha value is -2.59. The Morgan fingerprint density at radius 2 is 1.79 bits per heavy atom. The summed E-state index contributed by atoms with van der Waals surface area (Å²) in [5.74, 6) is 0.674. The second kappa shape index (κ2) is 7.79. The van der Waals surface area contributed by atoms with Crippen LogP contribution in [0.15, 0.2) is 60.7 Å². The molecular formula is C19H18ClN3O. The molecule has 0 spiro atoms. The average Bonchev–Trinajstić information content (AvgIpc) is 2.61. The lowest BCUT2D eigenvalue weighted by atomic mass is 10.2. The Kier molecular flexibility index (Phi) is 5.29. The monoisotopic (exact) mass is 339 g/mol. The summed E-state index contributed by atoms with van der Waals surface area (Å²) >= 11 is 6.19. The maximum Gasteiger partial charge on any atom is 0.222 e. The zero-order valence-corrected chi connectivity index (χ0v) is 13.9. The first-order valence-electron chi connectivity index (χ1n) is 7.82. The molecule has 3 rings (SSSR count). The molecule has 0 saturated heterocycles. The van der Waals surface area contributed by atoms with Gasteiger partial charge < -0.3 is 10.6 Å². The molecule has 0 bridgehead atoms. The Bertz CT molecular complexity index is 836. The van der Waals surface area contributed by atoms with Crippen LogP contribution in [0.4, 0.5) is 5.82 Å². The lowest BCUT2D eigenvalue weighted by Crippen LogP contribution is -2.24. The van der Waals surface area contributed by atoms with Crippen LogP contribution in [0.1, 0.15) is 12.0 Å². The highest BCUT2D eigenvalue weighted by molar-refractivity contribution is 6.34. The van der Waals surface area contributed by atoms with Crippen LogP contribution in [0.3, 0.4) is 0 Å². The summed E-state index contributed by atoms with van der Waals surface area (Å²) < 4.78 is 0. The van der Waals surface area contributed by atoms with Gasteiger partial charge in [0.1, 0.15) is 11.0 Å².